The molecule has 2 aromatic carbocycles. The van der Waals surface area contributed by atoms with Crippen LogP contribution in [0.4, 0.5) is 0 Å². The van der Waals surface area contributed by atoms with Gasteiger partial charge in [-0.2, -0.15) is 5.10 Å². The topological polar surface area (TPSA) is 86.4 Å². The fourth-order valence-corrected chi connectivity index (χ4v) is 3.71. The summed E-state index contributed by atoms with van der Waals surface area (Å²) in [6, 6.07) is 22.2. The van der Waals surface area contributed by atoms with Crippen molar-refractivity contribution in [2.45, 2.75) is 5.92 Å². The molecule has 1 fully saturated rings. The van der Waals surface area contributed by atoms with Crippen LogP contribution < -0.4 is 5.56 Å². The average molecular weight is 402 g/mol. The number of carbonyl (C=O) groups excluding carboxylic acids is 2. The molecule has 0 spiro atoms. The molecule has 0 aliphatic carbocycles. The van der Waals surface area contributed by atoms with Crippen LogP contribution in [0.5, 0.6) is 0 Å². The smallest absolute Gasteiger partial charge is 0.274 e. The monoisotopic (exact) mass is 402 g/mol. The third-order valence-electron chi connectivity index (χ3n) is 5.29. The first-order valence-electron chi connectivity index (χ1n) is 9.87. The molecule has 0 unspecified atom stereocenters. The molecule has 2 amide bonds. The first kappa shape index (κ1) is 19.6. The molecule has 2 heterocycles. The Morgan fingerprint density at radius 2 is 1.30 bits per heavy atom. The Morgan fingerprint density at radius 3 is 1.80 bits per heavy atom. The first-order valence-corrected chi connectivity index (χ1v) is 9.87. The lowest BCUT2D eigenvalue weighted by Gasteiger charge is -2.36. The Bertz CT molecular complexity index is 1010. The summed E-state index contributed by atoms with van der Waals surface area (Å²) in [7, 11) is 0. The second-order valence-electron chi connectivity index (χ2n) is 7.18. The highest BCUT2D eigenvalue weighted by molar-refractivity contribution is 5.92. The molecular weight excluding hydrogens is 380 g/mol. The minimum atomic E-state index is -0.379. The summed E-state index contributed by atoms with van der Waals surface area (Å²) in [5.74, 6) is -0.599. The fraction of sp³-hybridized carbons (Fsp3) is 0.217. The maximum absolute atomic E-state index is 13.5. The van der Waals surface area contributed by atoms with E-state index in [0.717, 1.165) is 11.1 Å². The maximum Gasteiger partial charge on any atom is 0.274 e. The quantitative estimate of drug-likeness (QED) is 0.722. The number of aromatic amines is 1. The highest BCUT2D eigenvalue weighted by atomic mass is 16.2. The van der Waals surface area contributed by atoms with Crippen LogP contribution in [0.25, 0.3) is 0 Å². The zero-order chi connectivity index (χ0) is 20.9. The van der Waals surface area contributed by atoms with E-state index >= 15 is 0 Å². The molecule has 1 aromatic heterocycles. The first-order chi connectivity index (χ1) is 14.6. The number of benzene rings is 2. The molecule has 0 saturated carbocycles. The van der Waals surface area contributed by atoms with Gasteiger partial charge in [-0.1, -0.05) is 60.7 Å². The summed E-state index contributed by atoms with van der Waals surface area (Å²) in [6.07, 6.45) is 0. The van der Waals surface area contributed by atoms with E-state index < -0.39 is 0 Å². The molecule has 1 aliphatic rings. The number of aromatic nitrogens is 2. The lowest BCUT2D eigenvalue weighted by atomic mass is 9.90. The van der Waals surface area contributed by atoms with Gasteiger partial charge in [-0.15, -0.1) is 0 Å². The van der Waals surface area contributed by atoms with Crippen LogP contribution in [0.2, 0.25) is 0 Å². The Morgan fingerprint density at radius 1 is 0.767 bits per heavy atom. The van der Waals surface area contributed by atoms with Gasteiger partial charge in [-0.05, 0) is 17.2 Å². The van der Waals surface area contributed by atoms with E-state index in [-0.39, 0.29) is 29.0 Å². The largest absolute Gasteiger partial charge is 0.338 e. The van der Waals surface area contributed by atoms with Gasteiger partial charge < -0.3 is 9.80 Å². The van der Waals surface area contributed by atoms with Crippen LogP contribution in [-0.4, -0.2) is 58.0 Å². The van der Waals surface area contributed by atoms with Gasteiger partial charge in [-0.3, -0.25) is 14.4 Å². The molecule has 7 heteroatoms. The Labute approximate surface area is 174 Å². The van der Waals surface area contributed by atoms with Crippen molar-refractivity contribution in [3.8, 4) is 0 Å². The van der Waals surface area contributed by atoms with Gasteiger partial charge in [0, 0.05) is 32.2 Å². The van der Waals surface area contributed by atoms with Crippen LogP contribution in [0.1, 0.15) is 27.5 Å². The molecule has 7 nitrogen and oxygen atoms in total. The van der Waals surface area contributed by atoms with Crippen molar-refractivity contribution < 1.29 is 9.59 Å². The predicted molar refractivity (Wildman–Crippen MR) is 112 cm³/mol. The molecular formula is C23H22N4O3. The van der Waals surface area contributed by atoms with Crippen molar-refractivity contribution in [3.05, 3.63) is 100.0 Å². The van der Waals surface area contributed by atoms with Crippen molar-refractivity contribution >= 4 is 11.8 Å². The second-order valence-corrected chi connectivity index (χ2v) is 7.18. The minimum absolute atomic E-state index is 0.0293. The summed E-state index contributed by atoms with van der Waals surface area (Å²) in [5.41, 5.74) is 1.74. The van der Waals surface area contributed by atoms with Crippen LogP contribution in [-0.2, 0) is 4.79 Å². The third-order valence-corrected chi connectivity index (χ3v) is 5.29. The predicted octanol–water partition coefficient (Wildman–Crippen LogP) is 1.89. The van der Waals surface area contributed by atoms with Crippen LogP contribution in [0.15, 0.2) is 77.6 Å². The molecule has 0 radical (unpaired) electrons. The van der Waals surface area contributed by atoms with Crippen LogP contribution in [0.3, 0.4) is 0 Å². The molecule has 1 N–H and O–H groups in total. The highest BCUT2D eigenvalue weighted by Gasteiger charge is 2.31. The summed E-state index contributed by atoms with van der Waals surface area (Å²) < 4.78 is 0. The van der Waals surface area contributed by atoms with Gasteiger partial charge in [0.15, 0.2) is 0 Å². The van der Waals surface area contributed by atoms with Crippen molar-refractivity contribution in [1.82, 2.24) is 20.0 Å². The third kappa shape index (κ3) is 4.15. The van der Waals surface area contributed by atoms with E-state index in [9.17, 15) is 14.4 Å². The minimum Gasteiger partial charge on any atom is -0.338 e. The van der Waals surface area contributed by atoms with Crippen molar-refractivity contribution in [1.29, 1.82) is 0 Å². The summed E-state index contributed by atoms with van der Waals surface area (Å²) in [5, 5.41) is 6.09. The molecule has 1 aliphatic heterocycles. The number of hydrogen-bond acceptors (Lipinski definition) is 4. The Balaban J connectivity index is 1.49. The summed E-state index contributed by atoms with van der Waals surface area (Å²) >= 11 is 0. The number of H-pyrrole nitrogens is 1. The van der Waals surface area contributed by atoms with E-state index in [1.54, 1.807) is 4.90 Å². The fourth-order valence-electron chi connectivity index (χ4n) is 3.71. The van der Waals surface area contributed by atoms with Gasteiger partial charge in [0.1, 0.15) is 5.69 Å². The van der Waals surface area contributed by atoms with E-state index in [1.807, 2.05) is 65.6 Å². The molecule has 1 saturated heterocycles. The van der Waals surface area contributed by atoms with Crippen molar-refractivity contribution in [2.75, 3.05) is 26.2 Å². The molecule has 152 valence electrons. The lowest BCUT2D eigenvalue weighted by molar-refractivity contribution is -0.133. The van der Waals surface area contributed by atoms with E-state index in [4.69, 9.17) is 0 Å². The standard InChI is InChI=1S/C23H22N4O3/c28-20-12-11-19(24-25-20)22(29)26-13-15-27(16-14-26)23(30)21(17-7-3-1-4-8-17)18-9-5-2-6-10-18/h1-12,21H,13-16H2,(H,25,28). The maximum atomic E-state index is 13.5. The number of carbonyl (C=O) groups is 2. The average Bonchev–Trinajstić information content (AvgIpc) is 2.81. The molecule has 4 rings (SSSR count). The number of hydrogen-bond donors (Lipinski definition) is 1. The van der Waals surface area contributed by atoms with Crippen molar-refractivity contribution in [2.24, 2.45) is 0 Å². The van der Waals surface area contributed by atoms with Crippen LogP contribution in [0, 0.1) is 0 Å². The molecule has 0 bridgehead atoms. The van der Waals surface area contributed by atoms with Gasteiger partial charge in [-0.25, -0.2) is 5.10 Å². The number of piperazine rings is 1. The number of nitrogens with one attached hydrogen (secondary N) is 1. The number of nitrogens with zero attached hydrogens (tertiary/aromatic N) is 3. The van der Waals surface area contributed by atoms with Gasteiger partial charge in [0.2, 0.25) is 5.91 Å². The van der Waals surface area contributed by atoms with E-state index in [2.05, 4.69) is 10.2 Å². The van der Waals surface area contributed by atoms with Gasteiger partial charge >= 0.3 is 0 Å². The van der Waals surface area contributed by atoms with E-state index in [1.165, 1.54) is 12.1 Å². The van der Waals surface area contributed by atoms with Crippen molar-refractivity contribution in [3.63, 3.8) is 0 Å². The highest BCUT2D eigenvalue weighted by Crippen LogP contribution is 2.27. The summed E-state index contributed by atoms with van der Waals surface area (Å²) in [6.45, 7) is 1.73. The lowest BCUT2D eigenvalue weighted by Crippen LogP contribution is -2.52. The summed E-state index contributed by atoms with van der Waals surface area (Å²) in [4.78, 5) is 40.7. The number of amides is 2. The zero-order valence-electron chi connectivity index (χ0n) is 16.4. The number of rotatable bonds is 4. The second kappa shape index (κ2) is 8.73. The molecule has 30 heavy (non-hydrogen) atoms. The Kier molecular flexibility index (Phi) is 5.70. The Hall–Kier alpha value is -3.74. The van der Waals surface area contributed by atoms with Crippen LogP contribution >= 0.6 is 0 Å². The molecule has 3 aromatic rings. The normalized spacial score (nSPS) is 14.0. The van der Waals surface area contributed by atoms with Gasteiger partial charge in [0.25, 0.3) is 11.5 Å². The van der Waals surface area contributed by atoms with Gasteiger partial charge in [0.05, 0.1) is 5.92 Å². The zero-order valence-corrected chi connectivity index (χ0v) is 16.4. The molecule has 0 atom stereocenters. The SMILES string of the molecule is O=C(c1ccc(=O)[nH]n1)N1CCN(C(=O)C(c2ccccc2)c2ccccc2)CC1. The van der Waals surface area contributed by atoms with E-state index in [0.29, 0.717) is 26.2 Å².